The smallest absolute Gasteiger partial charge is 0.322 e. The zero-order valence-electron chi connectivity index (χ0n) is 16.8. The van der Waals surface area contributed by atoms with Gasteiger partial charge >= 0.3 is 6.03 Å². The summed E-state index contributed by atoms with van der Waals surface area (Å²) in [4.78, 5) is 20.3. The zero-order chi connectivity index (χ0) is 21.8. The maximum Gasteiger partial charge on any atom is 0.322 e. The largest absolute Gasteiger partial charge is 0.352 e. The summed E-state index contributed by atoms with van der Waals surface area (Å²) in [5, 5.41) is 14.0. The van der Waals surface area contributed by atoms with Gasteiger partial charge in [0.1, 0.15) is 17.5 Å². The van der Waals surface area contributed by atoms with E-state index in [1.165, 1.54) is 6.07 Å². The molecule has 0 atom stereocenters. The Balaban J connectivity index is 1.31. The van der Waals surface area contributed by atoms with Crippen LogP contribution in [0.4, 0.5) is 36.7 Å². The van der Waals surface area contributed by atoms with E-state index in [4.69, 9.17) is 0 Å². The van der Waals surface area contributed by atoms with Crippen LogP contribution in [0.5, 0.6) is 0 Å². The molecule has 1 saturated heterocycles. The van der Waals surface area contributed by atoms with Crippen LogP contribution in [0, 0.1) is 18.6 Å². The molecule has 0 spiro atoms. The Hall–Kier alpha value is -3.82. The van der Waals surface area contributed by atoms with Gasteiger partial charge in [-0.25, -0.2) is 18.6 Å². The third-order valence-electron chi connectivity index (χ3n) is 4.86. The van der Waals surface area contributed by atoms with Crippen molar-refractivity contribution in [3.05, 3.63) is 65.9 Å². The summed E-state index contributed by atoms with van der Waals surface area (Å²) in [5.41, 5.74) is 0.851. The van der Waals surface area contributed by atoms with Gasteiger partial charge in [0, 0.05) is 37.9 Å². The van der Waals surface area contributed by atoms with Crippen molar-refractivity contribution in [1.82, 2.24) is 20.1 Å². The maximum atomic E-state index is 13.7. The molecule has 0 bridgehead atoms. The summed E-state index contributed by atoms with van der Waals surface area (Å²) in [6, 6.07) is 12.0. The van der Waals surface area contributed by atoms with Crippen LogP contribution in [0.3, 0.4) is 0 Å². The van der Waals surface area contributed by atoms with E-state index in [1.807, 2.05) is 42.2 Å². The minimum Gasteiger partial charge on any atom is -0.352 e. The maximum absolute atomic E-state index is 13.7. The standard InChI is InChI=1S/C21H21F2N7O/c1-14-3-2-4-18(24-14)26-19-7-8-20(28-27-19)29-9-11-30(12-10-29)21(31)25-17-6-5-15(22)13-16(17)23/h2-8,13H,9-12H2,1H3,(H,25,31)(H,24,26,27). The summed E-state index contributed by atoms with van der Waals surface area (Å²) in [7, 11) is 0. The van der Waals surface area contributed by atoms with Gasteiger partial charge in [0.05, 0.1) is 5.69 Å². The van der Waals surface area contributed by atoms with Crippen LogP contribution in [0.15, 0.2) is 48.5 Å². The number of carbonyl (C=O) groups is 1. The SMILES string of the molecule is Cc1cccc(Nc2ccc(N3CCN(C(=O)Nc4ccc(F)cc4F)CC3)nn2)n1. The number of anilines is 4. The third-order valence-corrected chi connectivity index (χ3v) is 4.86. The number of urea groups is 1. The van der Waals surface area contributed by atoms with Gasteiger partial charge in [0.2, 0.25) is 0 Å². The number of halogens is 2. The highest BCUT2D eigenvalue weighted by atomic mass is 19.1. The van der Waals surface area contributed by atoms with Crippen LogP contribution in [-0.4, -0.2) is 52.3 Å². The molecule has 2 aromatic heterocycles. The lowest BCUT2D eigenvalue weighted by atomic mass is 10.3. The number of pyridine rings is 1. The summed E-state index contributed by atoms with van der Waals surface area (Å²) in [5.74, 6) is 0.478. The molecule has 31 heavy (non-hydrogen) atoms. The summed E-state index contributed by atoms with van der Waals surface area (Å²) in [6.07, 6.45) is 0. The molecule has 0 radical (unpaired) electrons. The highest BCUT2D eigenvalue weighted by Crippen LogP contribution is 2.19. The number of amides is 2. The van der Waals surface area contributed by atoms with Gasteiger partial charge in [-0.1, -0.05) is 6.07 Å². The van der Waals surface area contributed by atoms with E-state index in [0.29, 0.717) is 43.6 Å². The molecular weight excluding hydrogens is 404 g/mol. The molecule has 160 valence electrons. The number of benzene rings is 1. The van der Waals surface area contributed by atoms with Crippen molar-refractivity contribution >= 4 is 29.2 Å². The van der Waals surface area contributed by atoms with E-state index < -0.39 is 17.7 Å². The van der Waals surface area contributed by atoms with E-state index in [2.05, 4.69) is 25.8 Å². The van der Waals surface area contributed by atoms with Crippen molar-refractivity contribution < 1.29 is 13.6 Å². The normalized spacial score (nSPS) is 13.8. The van der Waals surface area contributed by atoms with Crippen molar-refractivity contribution in [2.24, 2.45) is 0 Å². The molecule has 0 aliphatic carbocycles. The number of carbonyl (C=O) groups excluding carboxylic acids is 1. The Bertz CT molecular complexity index is 1070. The molecule has 4 rings (SSSR count). The molecule has 2 N–H and O–H groups in total. The van der Waals surface area contributed by atoms with Crippen LogP contribution < -0.4 is 15.5 Å². The first kappa shape index (κ1) is 20.5. The van der Waals surface area contributed by atoms with Gasteiger partial charge in [0.15, 0.2) is 11.6 Å². The summed E-state index contributed by atoms with van der Waals surface area (Å²) in [6.45, 7) is 3.89. The molecule has 8 nitrogen and oxygen atoms in total. The zero-order valence-corrected chi connectivity index (χ0v) is 16.8. The predicted octanol–water partition coefficient (Wildman–Crippen LogP) is 3.56. The number of rotatable bonds is 4. The Kier molecular flexibility index (Phi) is 5.87. The van der Waals surface area contributed by atoms with E-state index in [1.54, 1.807) is 4.90 Å². The topological polar surface area (TPSA) is 86.3 Å². The average molecular weight is 425 g/mol. The van der Waals surface area contributed by atoms with Gasteiger partial charge < -0.3 is 20.4 Å². The number of aromatic nitrogens is 3. The van der Waals surface area contributed by atoms with Gasteiger partial charge in [-0.2, -0.15) is 0 Å². The second-order valence-electron chi connectivity index (χ2n) is 7.09. The number of nitrogens with zero attached hydrogens (tertiary/aromatic N) is 5. The first-order valence-electron chi connectivity index (χ1n) is 9.78. The van der Waals surface area contributed by atoms with Gasteiger partial charge in [-0.3, -0.25) is 0 Å². The molecule has 2 amide bonds. The van der Waals surface area contributed by atoms with Crippen LogP contribution in [0.2, 0.25) is 0 Å². The van der Waals surface area contributed by atoms with E-state index in [0.717, 1.165) is 17.8 Å². The molecule has 3 heterocycles. The first-order valence-corrected chi connectivity index (χ1v) is 9.78. The Labute approximate surface area is 177 Å². The Morgan fingerprint density at radius 1 is 0.968 bits per heavy atom. The molecular formula is C21H21F2N7O. The molecule has 0 saturated carbocycles. The molecule has 1 aromatic carbocycles. The van der Waals surface area contributed by atoms with Crippen LogP contribution in [0.25, 0.3) is 0 Å². The Morgan fingerprint density at radius 2 is 1.77 bits per heavy atom. The molecule has 1 aliphatic heterocycles. The minimum absolute atomic E-state index is 0.0501. The second-order valence-corrected chi connectivity index (χ2v) is 7.09. The molecule has 0 unspecified atom stereocenters. The minimum atomic E-state index is -0.808. The van der Waals surface area contributed by atoms with Crippen molar-refractivity contribution in [1.29, 1.82) is 0 Å². The summed E-state index contributed by atoms with van der Waals surface area (Å²) >= 11 is 0. The van der Waals surface area contributed by atoms with Crippen molar-refractivity contribution in [2.75, 3.05) is 41.7 Å². The lowest BCUT2D eigenvalue weighted by Crippen LogP contribution is -2.50. The van der Waals surface area contributed by atoms with E-state index in [-0.39, 0.29) is 5.69 Å². The number of hydrogen-bond acceptors (Lipinski definition) is 6. The lowest BCUT2D eigenvalue weighted by molar-refractivity contribution is 0.208. The van der Waals surface area contributed by atoms with Gasteiger partial charge in [0.25, 0.3) is 0 Å². The molecule has 1 aliphatic rings. The highest BCUT2D eigenvalue weighted by molar-refractivity contribution is 5.89. The van der Waals surface area contributed by atoms with Crippen LogP contribution in [0.1, 0.15) is 5.69 Å². The summed E-state index contributed by atoms with van der Waals surface area (Å²) < 4.78 is 26.8. The predicted molar refractivity (Wildman–Crippen MR) is 113 cm³/mol. The van der Waals surface area contributed by atoms with Crippen molar-refractivity contribution in [3.63, 3.8) is 0 Å². The van der Waals surface area contributed by atoms with Crippen molar-refractivity contribution in [3.8, 4) is 0 Å². The number of piperazine rings is 1. The lowest BCUT2D eigenvalue weighted by Gasteiger charge is -2.35. The van der Waals surface area contributed by atoms with Crippen LogP contribution in [-0.2, 0) is 0 Å². The Morgan fingerprint density at radius 3 is 2.45 bits per heavy atom. The number of hydrogen-bond donors (Lipinski definition) is 2. The second kappa shape index (κ2) is 8.90. The van der Waals surface area contributed by atoms with Gasteiger partial charge in [-0.05, 0) is 43.3 Å². The fourth-order valence-corrected chi connectivity index (χ4v) is 3.23. The van der Waals surface area contributed by atoms with Crippen molar-refractivity contribution in [2.45, 2.75) is 6.92 Å². The quantitative estimate of drug-likeness (QED) is 0.665. The first-order chi connectivity index (χ1) is 15.0. The third kappa shape index (κ3) is 5.03. The van der Waals surface area contributed by atoms with Gasteiger partial charge in [-0.15, -0.1) is 10.2 Å². The van der Waals surface area contributed by atoms with E-state index >= 15 is 0 Å². The number of nitrogens with one attached hydrogen (secondary N) is 2. The molecule has 10 heteroatoms. The fraction of sp³-hybridized carbons (Fsp3) is 0.238. The fourth-order valence-electron chi connectivity index (χ4n) is 3.23. The number of aryl methyl sites for hydroxylation is 1. The molecule has 1 fully saturated rings. The monoisotopic (exact) mass is 425 g/mol. The average Bonchev–Trinajstić information content (AvgIpc) is 2.76. The highest BCUT2D eigenvalue weighted by Gasteiger charge is 2.23. The van der Waals surface area contributed by atoms with E-state index in [9.17, 15) is 13.6 Å². The van der Waals surface area contributed by atoms with Crippen LogP contribution >= 0.6 is 0 Å². The molecule has 3 aromatic rings.